The van der Waals surface area contributed by atoms with Crippen molar-refractivity contribution in [2.45, 2.75) is 56.5 Å². The smallest absolute Gasteiger partial charge is 0.328 e. The van der Waals surface area contributed by atoms with Crippen molar-refractivity contribution in [1.82, 2.24) is 16.0 Å². The summed E-state index contributed by atoms with van der Waals surface area (Å²) < 4.78 is 0. The lowest BCUT2D eigenvalue weighted by Gasteiger charge is -2.25. The Morgan fingerprint density at radius 3 is 1.85 bits per heavy atom. The highest BCUT2D eigenvalue weighted by molar-refractivity contribution is 5.95. The van der Waals surface area contributed by atoms with Crippen LogP contribution in [0, 0.1) is 0 Å². The molecule has 5 atom stereocenters. The maximum atomic E-state index is 13.2. The zero-order valence-corrected chi connectivity index (χ0v) is 21.1. The number of nitrogens with one attached hydrogen (secondary N) is 3. The molecule has 13 nitrogen and oxygen atoms in total. The number of hydrogen-bond acceptors (Lipinski definition) is 8. The van der Waals surface area contributed by atoms with E-state index in [9.17, 15) is 44.4 Å². The fraction of sp³-hybridized carbons (Fsp3) is 0.346. The third-order valence-electron chi connectivity index (χ3n) is 5.70. The van der Waals surface area contributed by atoms with E-state index in [-0.39, 0.29) is 18.6 Å². The van der Waals surface area contributed by atoms with Crippen LogP contribution in [-0.4, -0.2) is 80.4 Å². The molecule has 39 heavy (non-hydrogen) atoms. The molecule has 2 aromatic carbocycles. The summed E-state index contributed by atoms with van der Waals surface area (Å²) in [5.74, 6) is -5.73. The van der Waals surface area contributed by atoms with Crippen LogP contribution in [0.1, 0.15) is 24.5 Å². The van der Waals surface area contributed by atoms with Gasteiger partial charge in [0.25, 0.3) is 0 Å². The SMILES string of the molecule is CC(O)C(NC(=O)C(CC(=O)O)NC(=O)C(Cc1ccccc1)NC(=O)C(N)Cc1ccc(O)cc1)C(=O)O. The number of aliphatic hydroxyl groups excluding tert-OH is 1. The van der Waals surface area contributed by atoms with E-state index in [1.54, 1.807) is 42.5 Å². The molecule has 2 aromatic rings. The van der Waals surface area contributed by atoms with Crippen LogP contribution < -0.4 is 21.7 Å². The molecular formula is C26H32N4O9. The number of phenolic OH excluding ortho intramolecular Hbond substituents is 1. The van der Waals surface area contributed by atoms with E-state index >= 15 is 0 Å². The molecule has 2 rings (SSSR count). The quantitative estimate of drug-likeness (QED) is 0.143. The molecule has 0 spiro atoms. The molecule has 0 aliphatic rings. The van der Waals surface area contributed by atoms with Gasteiger partial charge < -0.3 is 42.1 Å². The molecule has 0 saturated heterocycles. The van der Waals surface area contributed by atoms with Crippen LogP contribution in [0.2, 0.25) is 0 Å². The molecule has 0 fully saturated rings. The van der Waals surface area contributed by atoms with Crippen molar-refractivity contribution in [3.05, 3.63) is 65.7 Å². The number of nitrogens with two attached hydrogens (primary N) is 1. The van der Waals surface area contributed by atoms with Gasteiger partial charge in [0.05, 0.1) is 18.6 Å². The summed E-state index contributed by atoms with van der Waals surface area (Å²) in [6.07, 6.45) is -2.34. The summed E-state index contributed by atoms with van der Waals surface area (Å²) >= 11 is 0. The lowest BCUT2D eigenvalue weighted by Crippen LogP contribution is -2.59. The number of hydrogen-bond donors (Lipinski definition) is 8. The van der Waals surface area contributed by atoms with Gasteiger partial charge in [-0.2, -0.15) is 0 Å². The number of aliphatic hydroxyl groups is 1. The van der Waals surface area contributed by atoms with E-state index in [2.05, 4.69) is 10.6 Å². The Balaban J connectivity index is 2.22. The van der Waals surface area contributed by atoms with E-state index in [1.807, 2.05) is 5.32 Å². The number of rotatable bonds is 14. The predicted molar refractivity (Wildman–Crippen MR) is 137 cm³/mol. The Hall–Kier alpha value is -4.49. The van der Waals surface area contributed by atoms with Crippen LogP contribution >= 0.6 is 0 Å². The lowest BCUT2D eigenvalue weighted by atomic mass is 10.0. The van der Waals surface area contributed by atoms with Crippen LogP contribution in [0.4, 0.5) is 0 Å². The maximum absolute atomic E-state index is 13.2. The minimum atomic E-state index is -1.75. The fourth-order valence-corrected chi connectivity index (χ4v) is 3.62. The van der Waals surface area contributed by atoms with Gasteiger partial charge in [-0.05, 0) is 36.6 Å². The molecule has 5 unspecified atom stereocenters. The number of benzene rings is 2. The average Bonchev–Trinajstić information content (AvgIpc) is 2.87. The van der Waals surface area contributed by atoms with Gasteiger partial charge in [-0.1, -0.05) is 42.5 Å². The molecule has 0 heterocycles. The van der Waals surface area contributed by atoms with Crippen molar-refractivity contribution >= 4 is 29.7 Å². The summed E-state index contributed by atoms with van der Waals surface area (Å²) in [5, 5.41) is 44.3. The maximum Gasteiger partial charge on any atom is 0.328 e. The van der Waals surface area contributed by atoms with E-state index < -0.39 is 66.4 Å². The number of carboxylic acids is 2. The van der Waals surface area contributed by atoms with Gasteiger partial charge in [-0.3, -0.25) is 19.2 Å². The Bertz CT molecular complexity index is 1160. The first kappa shape index (κ1) is 30.7. The minimum Gasteiger partial charge on any atom is -0.508 e. The van der Waals surface area contributed by atoms with E-state index in [1.165, 1.54) is 12.1 Å². The van der Waals surface area contributed by atoms with E-state index in [4.69, 9.17) is 5.73 Å². The zero-order valence-electron chi connectivity index (χ0n) is 21.1. The zero-order chi connectivity index (χ0) is 29.1. The van der Waals surface area contributed by atoms with Crippen LogP contribution in [0.5, 0.6) is 5.75 Å². The first-order valence-corrected chi connectivity index (χ1v) is 12.0. The average molecular weight is 545 g/mol. The van der Waals surface area contributed by atoms with Crippen molar-refractivity contribution in [3.8, 4) is 5.75 Å². The van der Waals surface area contributed by atoms with Crippen LogP contribution in [-0.2, 0) is 36.8 Å². The molecular weight excluding hydrogens is 512 g/mol. The highest BCUT2D eigenvalue weighted by Gasteiger charge is 2.33. The second-order valence-corrected chi connectivity index (χ2v) is 8.95. The van der Waals surface area contributed by atoms with E-state index in [0.29, 0.717) is 11.1 Å². The summed E-state index contributed by atoms with van der Waals surface area (Å²) in [7, 11) is 0. The third-order valence-corrected chi connectivity index (χ3v) is 5.70. The number of carbonyl (C=O) groups excluding carboxylic acids is 3. The molecule has 0 aliphatic carbocycles. The van der Waals surface area contributed by atoms with Crippen LogP contribution in [0.15, 0.2) is 54.6 Å². The lowest BCUT2D eigenvalue weighted by molar-refractivity contribution is -0.146. The Kier molecular flexibility index (Phi) is 11.4. The van der Waals surface area contributed by atoms with E-state index in [0.717, 1.165) is 6.92 Å². The van der Waals surface area contributed by atoms with Gasteiger partial charge in [-0.15, -0.1) is 0 Å². The van der Waals surface area contributed by atoms with Crippen molar-refractivity contribution in [1.29, 1.82) is 0 Å². The normalized spacial score (nSPS) is 14.6. The fourth-order valence-electron chi connectivity index (χ4n) is 3.62. The van der Waals surface area contributed by atoms with Crippen molar-refractivity contribution in [2.75, 3.05) is 0 Å². The Labute approximate surface area is 224 Å². The van der Waals surface area contributed by atoms with Gasteiger partial charge in [-0.25, -0.2) is 4.79 Å². The first-order valence-electron chi connectivity index (χ1n) is 12.0. The third kappa shape index (κ3) is 10.1. The van der Waals surface area contributed by atoms with Gasteiger partial charge in [0.2, 0.25) is 17.7 Å². The molecule has 0 aliphatic heterocycles. The first-order chi connectivity index (χ1) is 18.4. The molecule has 210 valence electrons. The monoisotopic (exact) mass is 544 g/mol. The van der Waals surface area contributed by atoms with Crippen molar-refractivity contribution in [2.24, 2.45) is 5.73 Å². The number of amides is 3. The Morgan fingerprint density at radius 1 is 0.769 bits per heavy atom. The second-order valence-electron chi connectivity index (χ2n) is 8.95. The minimum absolute atomic E-state index is 0.0306. The number of aromatic hydroxyl groups is 1. The predicted octanol–water partition coefficient (Wildman–Crippen LogP) is -1.10. The summed E-state index contributed by atoms with van der Waals surface area (Å²) in [6.45, 7) is 1.12. The van der Waals surface area contributed by atoms with Crippen LogP contribution in [0.25, 0.3) is 0 Å². The molecule has 13 heteroatoms. The molecule has 0 radical (unpaired) electrons. The van der Waals surface area contributed by atoms with Gasteiger partial charge in [0.15, 0.2) is 6.04 Å². The highest BCUT2D eigenvalue weighted by atomic mass is 16.4. The van der Waals surface area contributed by atoms with Gasteiger partial charge in [0.1, 0.15) is 17.8 Å². The van der Waals surface area contributed by atoms with Gasteiger partial charge in [0, 0.05) is 6.42 Å². The number of carboxylic acid groups (broad SMARTS) is 2. The van der Waals surface area contributed by atoms with Crippen molar-refractivity contribution in [3.63, 3.8) is 0 Å². The van der Waals surface area contributed by atoms with Crippen molar-refractivity contribution < 1.29 is 44.4 Å². The summed E-state index contributed by atoms with van der Waals surface area (Å²) in [4.78, 5) is 61.5. The number of phenols is 1. The topological polar surface area (TPSA) is 228 Å². The second kappa shape index (κ2) is 14.4. The van der Waals surface area contributed by atoms with Crippen LogP contribution in [0.3, 0.4) is 0 Å². The summed E-state index contributed by atoms with van der Waals surface area (Å²) in [5.41, 5.74) is 7.33. The number of carbonyl (C=O) groups is 5. The largest absolute Gasteiger partial charge is 0.508 e. The number of aliphatic carboxylic acids is 2. The Morgan fingerprint density at radius 2 is 1.31 bits per heavy atom. The molecule has 0 aromatic heterocycles. The highest BCUT2D eigenvalue weighted by Crippen LogP contribution is 2.11. The van der Waals surface area contributed by atoms with Gasteiger partial charge >= 0.3 is 11.9 Å². The standard InChI is InChI=1S/C26H32N4O9/c1-14(31)22(26(38)39)30-25(37)20(13-21(33)34)29-24(36)19(12-15-5-3-2-4-6-15)28-23(35)18(27)11-16-7-9-17(32)10-8-16/h2-10,14,18-20,22,31-32H,11-13,27H2,1H3,(H,28,35)(H,29,36)(H,30,37)(H,33,34)(H,38,39). The molecule has 9 N–H and O–H groups in total. The molecule has 0 saturated carbocycles. The molecule has 0 bridgehead atoms. The summed E-state index contributed by atoms with van der Waals surface area (Å²) in [6, 6.07) is 8.80. The molecule has 3 amide bonds.